The molecular weight excluding hydrogens is 430 g/mol. The van der Waals surface area contributed by atoms with Gasteiger partial charge in [-0.15, -0.1) is 0 Å². The van der Waals surface area contributed by atoms with Gasteiger partial charge in [-0.2, -0.15) is 0 Å². The van der Waals surface area contributed by atoms with E-state index in [1.165, 1.54) is 7.11 Å². The Morgan fingerprint density at radius 3 is 2.59 bits per heavy atom. The number of sulfone groups is 1. The van der Waals surface area contributed by atoms with E-state index in [4.69, 9.17) is 9.47 Å². The summed E-state index contributed by atoms with van der Waals surface area (Å²) < 4.78 is 34.6. The Hall–Kier alpha value is -3.04. The highest BCUT2D eigenvalue weighted by Gasteiger charge is 2.32. The second-order valence-electron chi connectivity index (χ2n) is 7.82. The van der Waals surface area contributed by atoms with Crippen LogP contribution in [0.15, 0.2) is 48.7 Å². The maximum absolute atomic E-state index is 13.5. The number of amides is 1. The van der Waals surface area contributed by atoms with Crippen molar-refractivity contribution >= 4 is 32.3 Å². The van der Waals surface area contributed by atoms with Crippen LogP contribution in [-0.2, 0) is 21.1 Å². The normalized spacial score (nSPS) is 17.1. The monoisotopic (exact) mass is 457 g/mol. The smallest absolute Gasteiger partial charge is 0.242 e. The van der Waals surface area contributed by atoms with Crippen molar-refractivity contribution in [2.24, 2.45) is 0 Å². The van der Waals surface area contributed by atoms with Crippen LogP contribution in [0, 0.1) is 0 Å². The van der Waals surface area contributed by atoms with Crippen molar-refractivity contribution in [2.75, 3.05) is 44.1 Å². The lowest BCUT2D eigenvalue weighted by Crippen LogP contribution is -2.51. The van der Waals surface area contributed by atoms with Gasteiger partial charge in [0.1, 0.15) is 11.5 Å². The number of carbonyl (C=O) groups excluding carboxylic acids is 1. The molecule has 170 valence electrons. The number of nitrogens with zero attached hydrogens (tertiary/aromatic N) is 1. The van der Waals surface area contributed by atoms with Crippen LogP contribution in [0.2, 0.25) is 0 Å². The minimum atomic E-state index is -3.07. The molecule has 2 aromatic carbocycles. The molecule has 9 heteroatoms. The molecule has 32 heavy (non-hydrogen) atoms. The molecule has 4 rings (SSSR count). The molecule has 8 nitrogen and oxygen atoms in total. The minimum absolute atomic E-state index is 0.0488. The van der Waals surface area contributed by atoms with Crippen LogP contribution in [0.25, 0.3) is 10.9 Å². The summed E-state index contributed by atoms with van der Waals surface area (Å²) in [5, 5.41) is 4.02. The Morgan fingerprint density at radius 2 is 1.88 bits per heavy atom. The van der Waals surface area contributed by atoms with E-state index < -0.39 is 15.9 Å². The number of carbonyl (C=O) groups is 1. The van der Waals surface area contributed by atoms with Crippen LogP contribution in [0.5, 0.6) is 11.5 Å². The molecule has 1 amide bonds. The lowest BCUT2D eigenvalue weighted by Gasteiger charge is -2.33. The Morgan fingerprint density at radius 1 is 1.12 bits per heavy atom. The minimum Gasteiger partial charge on any atom is -0.497 e. The van der Waals surface area contributed by atoms with E-state index in [9.17, 15) is 13.2 Å². The number of nitrogens with one attached hydrogen (secondary N) is 2. The number of hydrogen-bond donors (Lipinski definition) is 2. The van der Waals surface area contributed by atoms with Crippen LogP contribution in [-0.4, -0.2) is 69.1 Å². The molecule has 0 bridgehead atoms. The van der Waals surface area contributed by atoms with Crippen LogP contribution < -0.4 is 14.8 Å². The fraction of sp³-hybridized carbons (Fsp3) is 0.348. The third kappa shape index (κ3) is 4.73. The summed E-state index contributed by atoms with van der Waals surface area (Å²) in [6, 6.07) is 12.6. The predicted molar refractivity (Wildman–Crippen MR) is 124 cm³/mol. The van der Waals surface area contributed by atoms with Crippen LogP contribution in [0.1, 0.15) is 5.56 Å². The Bertz CT molecular complexity index is 1210. The highest BCUT2D eigenvalue weighted by molar-refractivity contribution is 7.91. The number of H-pyrrole nitrogens is 1. The third-order valence-electron chi connectivity index (χ3n) is 5.88. The molecule has 0 radical (unpaired) electrons. The van der Waals surface area contributed by atoms with Gasteiger partial charge >= 0.3 is 0 Å². The second-order valence-corrected chi connectivity index (χ2v) is 10.1. The second kappa shape index (κ2) is 9.22. The molecule has 0 aliphatic carbocycles. The zero-order chi connectivity index (χ0) is 22.7. The first-order valence-electron chi connectivity index (χ1n) is 10.4. The molecule has 1 aliphatic rings. The van der Waals surface area contributed by atoms with E-state index in [1.807, 2.05) is 35.4 Å². The lowest BCUT2D eigenvalue weighted by molar-refractivity contribution is -0.121. The van der Waals surface area contributed by atoms with Gasteiger partial charge in [0, 0.05) is 36.3 Å². The van der Waals surface area contributed by atoms with Gasteiger partial charge in [-0.05, 0) is 30.2 Å². The van der Waals surface area contributed by atoms with E-state index in [0.29, 0.717) is 36.7 Å². The number of hydrogen-bond acceptors (Lipinski definition) is 6. The number of anilines is 1. The van der Waals surface area contributed by atoms with E-state index in [0.717, 1.165) is 16.5 Å². The average Bonchev–Trinajstić information content (AvgIpc) is 3.20. The summed E-state index contributed by atoms with van der Waals surface area (Å²) in [4.78, 5) is 18.7. The first kappa shape index (κ1) is 22.2. The summed E-state index contributed by atoms with van der Waals surface area (Å²) in [6.07, 6.45) is 2.36. The standard InChI is InChI=1S/C23H27N3O5S/c1-30-17-7-8-22(31-2)20(14-17)25-23(27)21(26-9-11-32(28,29)12-10-26)13-16-15-24-19-6-4-3-5-18(16)19/h3-8,14-15,21,24H,9-13H2,1-2H3,(H,25,27)/t21-/m1/s1. The molecule has 1 fully saturated rings. The lowest BCUT2D eigenvalue weighted by atomic mass is 10.0. The maximum atomic E-state index is 13.5. The summed E-state index contributed by atoms with van der Waals surface area (Å²) in [6.45, 7) is 0.635. The Labute approximate surface area is 187 Å². The number of ether oxygens (including phenoxy) is 2. The van der Waals surface area contributed by atoms with Crippen LogP contribution in [0.4, 0.5) is 5.69 Å². The van der Waals surface area contributed by atoms with Crippen molar-refractivity contribution in [2.45, 2.75) is 12.5 Å². The van der Waals surface area contributed by atoms with E-state index in [-0.39, 0.29) is 17.4 Å². The molecule has 2 N–H and O–H groups in total. The maximum Gasteiger partial charge on any atom is 0.242 e. The van der Waals surface area contributed by atoms with E-state index in [1.54, 1.807) is 25.3 Å². The third-order valence-corrected chi connectivity index (χ3v) is 7.48. The number of methoxy groups -OCH3 is 2. The molecule has 0 spiro atoms. The Balaban J connectivity index is 1.63. The molecule has 1 atom stereocenters. The van der Waals surface area contributed by atoms with Crippen molar-refractivity contribution in [1.29, 1.82) is 0 Å². The van der Waals surface area contributed by atoms with Crippen molar-refractivity contribution in [3.05, 3.63) is 54.2 Å². The summed E-state index contributed by atoms with van der Waals surface area (Å²) >= 11 is 0. The van der Waals surface area contributed by atoms with Crippen molar-refractivity contribution in [3.8, 4) is 11.5 Å². The van der Waals surface area contributed by atoms with Gasteiger partial charge in [0.15, 0.2) is 9.84 Å². The zero-order valence-corrected chi connectivity index (χ0v) is 18.9. The van der Waals surface area contributed by atoms with E-state index in [2.05, 4.69) is 10.3 Å². The molecule has 1 aliphatic heterocycles. The summed E-state index contributed by atoms with van der Waals surface area (Å²) in [5.74, 6) is 0.992. The summed E-state index contributed by atoms with van der Waals surface area (Å²) in [7, 11) is 0.0288. The molecule has 0 unspecified atom stereocenters. The fourth-order valence-corrected chi connectivity index (χ4v) is 5.29. The van der Waals surface area contributed by atoms with Gasteiger partial charge in [-0.25, -0.2) is 8.42 Å². The van der Waals surface area contributed by atoms with Crippen molar-refractivity contribution in [1.82, 2.24) is 9.88 Å². The van der Waals surface area contributed by atoms with Gasteiger partial charge in [-0.1, -0.05) is 18.2 Å². The first-order chi connectivity index (χ1) is 15.4. The highest BCUT2D eigenvalue weighted by atomic mass is 32.2. The quantitative estimate of drug-likeness (QED) is 0.565. The molecule has 0 saturated carbocycles. The largest absolute Gasteiger partial charge is 0.497 e. The fourth-order valence-electron chi connectivity index (χ4n) is 4.06. The number of para-hydroxylation sites is 1. The summed E-state index contributed by atoms with van der Waals surface area (Å²) in [5.41, 5.74) is 2.51. The molecule has 1 saturated heterocycles. The average molecular weight is 458 g/mol. The number of fused-ring (bicyclic) bond motifs is 1. The van der Waals surface area contributed by atoms with E-state index >= 15 is 0 Å². The van der Waals surface area contributed by atoms with Crippen LogP contribution in [0.3, 0.4) is 0 Å². The highest BCUT2D eigenvalue weighted by Crippen LogP contribution is 2.30. The van der Waals surface area contributed by atoms with Gasteiger partial charge < -0.3 is 19.8 Å². The number of benzene rings is 2. The Kier molecular flexibility index (Phi) is 6.38. The van der Waals surface area contributed by atoms with Crippen molar-refractivity contribution in [3.63, 3.8) is 0 Å². The number of aromatic nitrogens is 1. The first-order valence-corrected chi connectivity index (χ1v) is 12.2. The predicted octanol–water partition coefficient (Wildman–Crippen LogP) is 2.47. The number of aromatic amines is 1. The van der Waals surface area contributed by atoms with Gasteiger partial charge in [0.05, 0.1) is 37.5 Å². The van der Waals surface area contributed by atoms with Crippen LogP contribution >= 0.6 is 0 Å². The van der Waals surface area contributed by atoms with Gasteiger partial charge in [0.25, 0.3) is 0 Å². The van der Waals surface area contributed by atoms with Gasteiger partial charge in [-0.3, -0.25) is 9.69 Å². The zero-order valence-electron chi connectivity index (χ0n) is 18.1. The molecular formula is C23H27N3O5S. The topological polar surface area (TPSA) is 101 Å². The van der Waals surface area contributed by atoms with Crippen molar-refractivity contribution < 1.29 is 22.7 Å². The SMILES string of the molecule is COc1ccc(OC)c(NC(=O)[C@@H](Cc2c[nH]c3ccccc23)N2CCS(=O)(=O)CC2)c1. The molecule has 1 aromatic heterocycles. The number of rotatable bonds is 7. The molecule has 2 heterocycles. The van der Waals surface area contributed by atoms with Gasteiger partial charge in [0.2, 0.25) is 5.91 Å². The molecule has 3 aromatic rings.